The molecule has 0 radical (unpaired) electrons. The number of carbonyl (C=O) groups excluding carboxylic acids is 1. The summed E-state index contributed by atoms with van der Waals surface area (Å²) < 4.78 is 4.90. The van der Waals surface area contributed by atoms with Crippen LogP contribution in [0.2, 0.25) is 0 Å². The van der Waals surface area contributed by atoms with Crippen molar-refractivity contribution in [2.24, 2.45) is 0 Å². The smallest absolute Gasteiger partial charge is 0.341 e. The fourth-order valence-electron chi connectivity index (χ4n) is 3.31. The highest BCUT2D eigenvalue weighted by atomic mass is 16.5. The highest BCUT2D eigenvalue weighted by Crippen LogP contribution is 2.38. The van der Waals surface area contributed by atoms with Crippen molar-refractivity contribution in [2.75, 3.05) is 7.11 Å². The number of carbonyl (C=O) groups is 1. The zero-order valence-electron chi connectivity index (χ0n) is 17.0. The number of allylic oxidation sites excluding steroid dienone is 5. The first kappa shape index (κ1) is 21.2. The Balaban J connectivity index is 2.66. The molecule has 0 aliphatic carbocycles. The first-order chi connectivity index (χ1) is 13.4. The third-order valence-electron chi connectivity index (χ3n) is 5.00. The summed E-state index contributed by atoms with van der Waals surface area (Å²) in [4.78, 5) is 12.3. The summed E-state index contributed by atoms with van der Waals surface area (Å²) in [6.45, 7) is 9.81. The van der Waals surface area contributed by atoms with E-state index in [1.807, 2.05) is 56.3 Å². The van der Waals surface area contributed by atoms with E-state index in [2.05, 4.69) is 25.6 Å². The van der Waals surface area contributed by atoms with E-state index < -0.39 is 5.97 Å². The molecule has 146 valence electrons. The van der Waals surface area contributed by atoms with Gasteiger partial charge in [-0.3, -0.25) is 0 Å². The van der Waals surface area contributed by atoms with E-state index in [9.17, 15) is 9.90 Å². The van der Waals surface area contributed by atoms with Crippen molar-refractivity contribution >= 4 is 5.97 Å². The third-order valence-corrected chi connectivity index (χ3v) is 5.00. The van der Waals surface area contributed by atoms with Crippen molar-refractivity contribution in [2.45, 2.75) is 32.6 Å². The molecule has 2 unspecified atom stereocenters. The van der Waals surface area contributed by atoms with E-state index in [1.54, 1.807) is 12.1 Å². The molecular weight excluding hydrogens is 348 g/mol. The van der Waals surface area contributed by atoms with E-state index >= 15 is 0 Å². The molecule has 0 saturated carbocycles. The Hall–Kier alpha value is -3.07. The fourth-order valence-corrected chi connectivity index (χ4v) is 3.31. The van der Waals surface area contributed by atoms with Crippen LogP contribution in [0.25, 0.3) is 0 Å². The maximum atomic E-state index is 12.3. The number of esters is 1. The van der Waals surface area contributed by atoms with Crippen LogP contribution in [0.1, 0.15) is 59.7 Å². The number of benzene rings is 2. The normalized spacial score (nSPS) is 13.9. The van der Waals surface area contributed by atoms with Gasteiger partial charge in [0, 0.05) is 17.4 Å². The maximum Gasteiger partial charge on any atom is 0.341 e. The lowest BCUT2D eigenvalue weighted by atomic mass is 9.84. The average molecular weight is 376 g/mol. The van der Waals surface area contributed by atoms with Crippen LogP contribution in [-0.2, 0) is 4.74 Å². The van der Waals surface area contributed by atoms with Gasteiger partial charge in [0.05, 0.1) is 7.11 Å². The van der Waals surface area contributed by atoms with Crippen LogP contribution in [0.5, 0.6) is 5.75 Å². The molecule has 0 aromatic heterocycles. The minimum Gasteiger partial charge on any atom is -0.507 e. The summed E-state index contributed by atoms with van der Waals surface area (Å²) in [6.07, 6.45) is 7.56. The van der Waals surface area contributed by atoms with Crippen molar-refractivity contribution in [1.29, 1.82) is 0 Å². The van der Waals surface area contributed by atoms with Crippen molar-refractivity contribution in [3.63, 3.8) is 0 Å². The van der Waals surface area contributed by atoms with Gasteiger partial charge in [0.25, 0.3) is 0 Å². The van der Waals surface area contributed by atoms with Crippen LogP contribution in [0.4, 0.5) is 0 Å². The number of aromatic hydroxyl groups is 1. The largest absolute Gasteiger partial charge is 0.507 e. The first-order valence-corrected chi connectivity index (χ1v) is 9.39. The van der Waals surface area contributed by atoms with E-state index in [-0.39, 0.29) is 23.1 Å². The molecule has 2 rings (SSSR count). The molecule has 1 N–H and O–H groups in total. The monoisotopic (exact) mass is 376 g/mol. The summed E-state index contributed by atoms with van der Waals surface area (Å²) >= 11 is 0. The lowest BCUT2D eigenvalue weighted by molar-refractivity contribution is 0.0597. The summed E-state index contributed by atoms with van der Waals surface area (Å²) in [6, 6.07) is 13.8. The van der Waals surface area contributed by atoms with Crippen LogP contribution in [0.15, 0.2) is 78.9 Å². The van der Waals surface area contributed by atoms with Crippen molar-refractivity contribution < 1.29 is 14.6 Å². The van der Waals surface area contributed by atoms with E-state index in [0.717, 1.165) is 16.7 Å². The predicted molar refractivity (Wildman–Crippen MR) is 115 cm³/mol. The van der Waals surface area contributed by atoms with Gasteiger partial charge in [0.1, 0.15) is 11.3 Å². The van der Waals surface area contributed by atoms with Gasteiger partial charge in [-0.25, -0.2) is 4.79 Å². The summed E-state index contributed by atoms with van der Waals surface area (Å²) in [5, 5.41) is 10.8. The van der Waals surface area contributed by atoms with Gasteiger partial charge >= 0.3 is 5.97 Å². The molecule has 2 aromatic carbocycles. The molecule has 2 aromatic rings. The van der Waals surface area contributed by atoms with Gasteiger partial charge in [0.15, 0.2) is 0 Å². The van der Waals surface area contributed by atoms with Gasteiger partial charge in [-0.05, 0) is 29.7 Å². The SMILES string of the molecule is C=C/C=C(\C=C/C)C(C)c1cc(C(C)c2ccccc2)cc(C(=O)OC)c1O. The van der Waals surface area contributed by atoms with E-state index in [0.29, 0.717) is 5.56 Å². The van der Waals surface area contributed by atoms with Crippen LogP contribution in [0, 0.1) is 0 Å². The van der Waals surface area contributed by atoms with Gasteiger partial charge in [-0.2, -0.15) is 0 Å². The molecule has 0 amide bonds. The van der Waals surface area contributed by atoms with Crippen LogP contribution < -0.4 is 0 Å². The Kier molecular flexibility index (Phi) is 7.39. The quantitative estimate of drug-likeness (QED) is 0.467. The maximum absolute atomic E-state index is 12.3. The number of hydrogen-bond acceptors (Lipinski definition) is 3. The first-order valence-electron chi connectivity index (χ1n) is 9.39. The minimum atomic E-state index is -0.548. The zero-order chi connectivity index (χ0) is 20.7. The zero-order valence-corrected chi connectivity index (χ0v) is 17.0. The number of rotatable bonds is 7. The van der Waals surface area contributed by atoms with Crippen molar-refractivity contribution in [1.82, 2.24) is 0 Å². The van der Waals surface area contributed by atoms with E-state index in [1.165, 1.54) is 7.11 Å². The molecule has 3 nitrogen and oxygen atoms in total. The highest BCUT2D eigenvalue weighted by Gasteiger charge is 2.23. The second-order valence-corrected chi connectivity index (χ2v) is 6.75. The predicted octanol–water partition coefficient (Wildman–Crippen LogP) is 6.12. The molecule has 0 saturated heterocycles. The highest BCUT2D eigenvalue weighted by molar-refractivity contribution is 5.93. The topological polar surface area (TPSA) is 46.5 Å². The van der Waals surface area contributed by atoms with E-state index in [4.69, 9.17) is 4.74 Å². The number of hydrogen-bond donors (Lipinski definition) is 1. The molecule has 0 spiro atoms. The third kappa shape index (κ3) is 4.61. The number of ether oxygens (including phenoxy) is 1. The lowest BCUT2D eigenvalue weighted by Gasteiger charge is -2.21. The van der Waals surface area contributed by atoms with Gasteiger partial charge in [-0.1, -0.05) is 81.1 Å². The average Bonchev–Trinajstić information content (AvgIpc) is 2.72. The molecule has 28 heavy (non-hydrogen) atoms. The Labute approximate surface area is 167 Å². The van der Waals surface area contributed by atoms with Crippen molar-refractivity contribution in [3.8, 4) is 5.75 Å². The van der Waals surface area contributed by atoms with Crippen LogP contribution >= 0.6 is 0 Å². The number of phenolic OH excluding ortho intramolecular Hbond substituents is 1. The molecule has 0 heterocycles. The Morgan fingerprint density at radius 3 is 2.39 bits per heavy atom. The van der Waals surface area contributed by atoms with Crippen LogP contribution in [-0.4, -0.2) is 18.2 Å². The molecule has 0 bridgehead atoms. The Bertz CT molecular complexity index is 892. The summed E-state index contributed by atoms with van der Waals surface area (Å²) in [5.41, 5.74) is 3.95. The number of methoxy groups -OCH3 is 1. The minimum absolute atomic E-state index is 0.0390. The summed E-state index contributed by atoms with van der Waals surface area (Å²) in [5.74, 6) is -0.651. The molecule has 0 fully saturated rings. The second-order valence-electron chi connectivity index (χ2n) is 6.75. The molecule has 2 atom stereocenters. The van der Waals surface area contributed by atoms with Gasteiger partial charge in [-0.15, -0.1) is 0 Å². The second kappa shape index (κ2) is 9.75. The Morgan fingerprint density at radius 2 is 1.82 bits per heavy atom. The lowest BCUT2D eigenvalue weighted by Crippen LogP contribution is -2.08. The molecule has 0 aliphatic heterocycles. The van der Waals surface area contributed by atoms with Gasteiger partial charge < -0.3 is 9.84 Å². The van der Waals surface area contributed by atoms with Crippen LogP contribution in [0.3, 0.4) is 0 Å². The van der Waals surface area contributed by atoms with Gasteiger partial charge in [0.2, 0.25) is 0 Å². The standard InChI is InChI=1S/C25H28O3/c1-6-11-19(12-7-2)18(4)22-15-21(16-23(24(22)26)25(27)28-5)17(3)20-13-9-8-10-14-20/h6-18,26H,1H2,2-5H3/b12-7-,19-11+. The molecule has 3 heteroatoms. The Morgan fingerprint density at radius 1 is 1.14 bits per heavy atom. The molecule has 0 aliphatic rings. The molecular formula is C25H28O3. The summed E-state index contributed by atoms with van der Waals surface area (Å²) in [7, 11) is 1.32. The van der Waals surface area contributed by atoms with Crippen molar-refractivity contribution in [3.05, 3.63) is 101 Å². The fraction of sp³-hybridized carbons (Fsp3) is 0.240. The number of phenols is 1.